The number of sulfonamides is 1. The summed E-state index contributed by atoms with van der Waals surface area (Å²) in [6, 6.07) is 28.7. The van der Waals surface area contributed by atoms with Crippen molar-refractivity contribution in [2.45, 2.75) is 57.1 Å². The number of carbonyl (C=O) groups is 2. The van der Waals surface area contributed by atoms with Crippen molar-refractivity contribution < 1.29 is 22.4 Å². The van der Waals surface area contributed by atoms with Gasteiger partial charge >= 0.3 is 0 Å². The lowest BCUT2D eigenvalue weighted by atomic mass is 10.0. The molecule has 0 radical (unpaired) electrons. The van der Waals surface area contributed by atoms with Crippen LogP contribution in [0.5, 0.6) is 0 Å². The van der Waals surface area contributed by atoms with Gasteiger partial charge in [-0.05, 0) is 67.8 Å². The Kier molecular flexibility index (Phi) is 10.9. The van der Waals surface area contributed by atoms with E-state index < -0.39 is 34.3 Å². The number of nitrogens with zero attached hydrogens (tertiary/aromatic N) is 2. The van der Waals surface area contributed by atoms with Crippen LogP contribution in [0.25, 0.3) is 0 Å². The minimum absolute atomic E-state index is 0.0160. The summed E-state index contributed by atoms with van der Waals surface area (Å²) in [5.41, 5.74) is 2.76. The van der Waals surface area contributed by atoms with Crippen LogP contribution in [0.3, 0.4) is 0 Å². The van der Waals surface area contributed by atoms with Crippen LogP contribution in [0.15, 0.2) is 114 Å². The van der Waals surface area contributed by atoms with Crippen molar-refractivity contribution in [1.82, 2.24) is 10.2 Å². The molecule has 0 fully saturated rings. The van der Waals surface area contributed by atoms with E-state index in [1.54, 1.807) is 18.2 Å². The van der Waals surface area contributed by atoms with Gasteiger partial charge in [0.15, 0.2) is 0 Å². The Balaban J connectivity index is 1.80. The first-order valence-electron chi connectivity index (χ1n) is 14.6. The standard InChI is InChI=1S/C35H38FN3O4S/c1-4-27(3)37-35(41)33(23-28-13-7-5-8-14-28)38(24-29-15-11-12-26(2)22-29)34(40)25-39(31-20-18-30(36)19-21-31)44(42,43)32-16-9-6-10-17-32/h5-22,27,33H,4,23-25H2,1-3H3,(H,37,41)/t27-,33+/m0/s1. The van der Waals surface area contributed by atoms with Gasteiger partial charge in [-0.25, -0.2) is 12.8 Å². The predicted molar refractivity (Wildman–Crippen MR) is 171 cm³/mol. The third kappa shape index (κ3) is 8.32. The molecule has 0 unspecified atom stereocenters. The van der Waals surface area contributed by atoms with Gasteiger partial charge in [-0.3, -0.25) is 13.9 Å². The van der Waals surface area contributed by atoms with Gasteiger partial charge in [0.1, 0.15) is 18.4 Å². The highest BCUT2D eigenvalue weighted by Crippen LogP contribution is 2.25. The van der Waals surface area contributed by atoms with Crippen molar-refractivity contribution >= 4 is 27.5 Å². The molecule has 0 aromatic heterocycles. The van der Waals surface area contributed by atoms with E-state index in [-0.39, 0.29) is 35.5 Å². The molecule has 7 nitrogen and oxygen atoms in total. The maximum atomic E-state index is 14.4. The molecule has 0 bridgehead atoms. The summed E-state index contributed by atoms with van der Waals surface area (Å²) in [5.74, 6) is -1.44. The number of carbonyl (C=O) groups excluding carboxylic acids is 2. The minimum Gasteiger partial charge on any atom is -0.352 e. The van der Waals surface area contributed by atoms with Crippen molar-refractivity contribution in [3.63, 3.8) is 0 Å². The Morgan fingerprint density at radius 1 is 0.841 bits per heavy atom. The van der Waals surface area contributed by atoms with Gasteiger partial charge in [0.05, 0.1) is 10.6 Å². The number of anilines is 1. The zero-order valence-electron chi connectivity index (χ0n) is 25.2. The van der Waals surface area contributed by atoms with E-state index in [1.807, 2.05) is 75.4 Å². The third-order valence-electron chi connectivity index (χ3n) is 7.43. The smallest absolute Gasteiger partial charge is 0.264 e. The fraction of sp³-hybridized carbons (Fsp3) is 0.257. The van der Waals surface area contributed by atoms with E-state index in [1.165, 1.54) is 29.2 Å². The number of aryl methyl sites for hydroxylation is 1. The van der Waals surface area contributed by atoms with E-state index in [9.17, 15) is 22.4 Å². The molecule has 4 aromatic carbocycles. The van der Waals surface area contributed by atoms with Gasteiger partial charge in [-0.2, -0.15) is 0 Å². The topological polar surface area (TPSA) is 86.8 Å². The average molecular weight is 616 g/mol. The molecule has 0 spiro atoms. The predicted octanol–water partition coefficient (Wildman–Crippen LogP) is 5.88. The molecule has 2 atom stereocenters. The van der Waals surface area contributed by atoms with Crippen LogP contribution < -0.4 is 9.62 Å². The second-order valence-electron chi connectivity index (χ2n) is 10.8. The van der Waals surface area contributed by atoms with E-state index in [0.717, 1.165) is 33.1 Å². The zero-order chi connectivity index (χ0) is 31.7. The van der Waals surface area contributed by atoms with Gasteiger partial charge in [0, 0.05) is 19.0 Å². The summed E-state index contributed by atoms with van der Waals surface area (Å²) in [5, 5.41) is 3.02. The summed E-state index contributed by atoms with van der Waals surface area (Å²) in [6.07, 6.45) is 0.923. The van der Waals surface area contributed by atoms with Gasteiger partial charge in [0.2, 0.25) is 11.8 Å². The second kappa shape index (κ2) is 14.8. The number of halogens is 1. The van der Waals surface area contributed by atoms with E-state index in [0.29, 0.717) is 6.42 Å². The molecule has 0 saturated carbocycles. The third-order valence-corrected chi connectivity index (χ3v) is 9.22. The first kappa shape index (κ1) is 32.4. The van der Waals surface area contributed by atoms with E-state index in [2.05, 4.69) is 5.32 Å². The van der Waals surface area contributed by atoms with Crippen molar-refractivity contribution in [3.8, 4) is 0 Å². The highest BCUT2D eigenvalue weighted by Gasteiger charge is 2.35. The molecule has 4 aromatic rings. The molecule has 44 heavy (non-hydrogen) atoms. The minimum atomic E-state index is -4.24. The molecule has 1 N–H and O–H groups in total. The first-order valence-corrected chi connectivity index (χ1v) is 16.0. The van der Waals surface area contributed by atoms with Gasteiger partial charge in [-0.15, -0.1) is 0 Å². The Bertz CT molecular complexity index is 1650. The van der Waals surface area contributed by atoms with E-state index in [4.69, 9.17) is 0 Å². The molecule has 0 saturated heterocycles. The molecule has 4 rings (SSSR count). The number of amides is 2. The van der Waals surface area contributed by atoms with Gasteiger partial charge in [-0.1, -0.05) is 85.3 Å². The SMILES string of the molecule is CC[C@H](C)NC(=O)[C@@H](Cc1ccccc1)N(Cc1cccc(C)c1)C(=O)CN(c1ccc(F)cc1)S(=O)(=O)c1ccccc1. The monoisotopic (exact) mass is 615 g/mol. The number of hydrogen-bond donors (Lipinski definition) is 1. The Hall–Kier alpha value is -4.50. The molecule has 230 valence electrons. The molecule has 0 aliphatic heterocycles. The summed E-state index contributed by atoms with van der Waals surface area (Å²) in [6.45, 7) is 5.27. The fourth-order valence-electron chi connectivity index (χ4n) is 4.86. The van der Waals surface area contributed by atoms with Crippen LogP contribution in [-0.2, 0) is 32.6 Å². The summed E-state index contributed by atoms with van der Waals surface area (Å²) >= 11 is 0. The maximum absolute atomic E-state index is 14.4. The lowest BCUT2D eigenvalue weighted by Crippen LogP contribution is -2.54. The van der Waals surface area contributed by atoms with Gasteiger partial charge < -0.3 is 10.2 Å². The molecule has 0 aliphatic rings. The normalized spacial score (nSPS) is 12.6. The van der Waals surface area contributed by atoms with Crippen LogP contribution in [0.1, 0.15) is 37.0 Å². The molecular weight excluding hydrogens is 577 g/mol. The number of nitrogens with one attached hydrogen (secondary N) is 1. The highest BCUT2D eigenvalue weighted by molar-refractivity contribution is 7.92. The van der Waals surface area contributed by atoms with Gasteiger partial charge in [0.25, 0.3) is 10.0 Å². The Morgan fingerprint density at radius 2 is 1.45 bits per heavy atom. The highest BCUT2D eigenvalue weighted by atomic mass is 32.2. The van der Waals surface area contributed by atoms with Crippen molar-refractivity contribution in [1.29, 1.82) is 0 Å². The first-order chi connectivity index (χ1) is 21.1. The molecule has 2 amide bonds. The second-order valence-corrected chi connectivity index (χ2v) is 12.7. The fourth-order valence-corrected chi connectivity index (χ4v) is 6.29. The van der Waals surface area contributed by atoms with E-state index >= 15 is 0 Å². The summed E-state index contributed by atoms with van der Waals surface area (Å²) in [7, 11) is -4.24. The average Bonchev–Trinajstić information content (AvgIpc) is 3.02. The van der Waals surface area contributed by atoms with Crippen molar-refractivity contribution in [2.75, 3.05) is 10.8 Å². The maximum Gasteiger partial charge on any atom is 0.264 e. The number of hydrogen-bond acceptors (Lipinski definition) is 4. The molecule has 0 aliphatic carbocycles. The van der Waals surface area contributed by atoms with Crippen molar-refractivity contribution in [3.05, 3.63) is 132 Å². The number of benzene rings is 4. The molecular formula is C35H38FN3O4S. The largest absolute Gasteiger partial charge is 0.352 e. The summed E-state index contributed by atoms with van der Waals surface area (Å²) < 4.78 is 42.7. The number of rotatable bonds is 13. The Morgan fingerprint density at radius 3 is 2.07 bits per heavy atom. The quantitative estimate of drug-likeness (QED) is 0.203. The van der Waals surface area contributed by atoms with Crippen LogP contribution in [0, 0.1) is 12.7 Å². The van der Waals surface area contributed by atoms with Crippen molar-refractivity contribution in [2.24, 2.45) is 0 Å². The lowest BCUT2D eigenvalue weighted by Gasteiger charge is -2.34. The van der Waals surface area contributed by atoms with Crippen LogP contribution in [0.4, 0.5) is 10.1 Å². The van der Waals surface area contributed by atoms with Crippen LogP contribution in [-0.4, -0.2) is 43.8 Å². The summed E-state index contributed by atoms with van der Waals surface area (Å²) in [4.78, 5) is 29.7. The lowest BCUT2D eigenvalue weighted by molar-refractivity contribution is -0.140. The van der Waals surface area contributed by atoms with Crippen LogP contribution in [0.2, 0.25) is 0 Å². The zero-order valence-corrected chi connectivity index (χ0v) is 26.0. The van der Waals surface area contributed by atoms with Crippen LogP contribution >= 0.6 is 0 Å². The Labute approximate surface area is 259 Å². The molecule has 0 heterocycles. The molecule has 9 heteroatoms.